The second-order valence-electron chi connectivity index (χ2n) is 6.39. The largest absolute Gasteiger partial charge is 0.366 e. The van der Waals surface area contributed by atoms with Gasteiger partial charge in [-0.05, 0) is 44.4 Å². The van der Waals surface area contributed by atoms with Crippen molar-refractivity contribution in [2.75, 3.05) is 18.4 Å². The molecule has 1 fully saturated rings. The summed E-state index contributed by atoms with van der Waals surface area (Å²) in [5.74, 6) is 1.01. The first kappa shape index (κ1) is 16.4. The van der Waals surface area contributed by atoms with Gasteiger partial charge in [0, 0.05) is 38.3 Å². The van der Waals surface area contributed by atoms with E-state index in [1.165, 1.54) is 0 Å². The van der Waals surface area contributed by atoms with Crippen LogP contribution in [-0.4, -0.2) is 49.9 Å². The lowest BCUT2D eigenvalue weighted by Gasteiger charge is -2.32. The Morgan fingerprint density at radius 3 is 2.67 bits per heavy atom. The summed E-state index contributed by atoms with van der Waals surface area (Å²) in [6, 6.07) is 4.25. The maximum absolute atomic E-state index is 12.3. The molecule has 3 heterocycles. The van der Waals surface area contributed by atoms with Crippen LogP contribution in [0.25, 0.3) is 0 Å². The fourth-order valence-corrected chi connectivity index (χ4v) is 2.92. The quantitative estimate of drug-likeness (QED) is 0.905. The van der Waals surface area contributed by atoms with Gasteiger partial charge in [0.1, 0.15) is 5.82 Å². The number of likely N-dealkylation sites (tertiary alicyclic amines) is 1. The summed E-state index contributed by atoms with van der Waals surface area (Å²) < 4.78 is 1.83. The Balaban J connectivity index is 1.42. The molecule has 24 heavy (non-hydrogen) atoms. The van der Waals surface area contributed by atoms with Gasteiger partial charge in [0.05, 0.1) is 11.9 Å². The van der Waals surface area contributed by atoms with E-state index >= 15 is 0 Å². The second kappa shape index (κ2) is 7.42. The molecule has 1 N–H and O–H groups in total. The van der Waals surface area contributed by atoms with Crippen molar-refractivity contribution in [3.05, 3.63) is 35.8 Å². The molecule has 1 aliphatic heterocycles. The van der Waals surface area contributed by atoms with Gasteiger partial charge in [-0.25, -0.2) is 0 Å². The van der Waals surface area contributed by atoms with Crippen LogP contribution in [0.1, 0.15) is 30.5 Å². The van der Waals surface area contributed by atoms with Gasteiger partial charge in [-0.1, -0.05) is 0 Å². The minimum atomic E-state index is 0.205. The molecular formula is C17H24N6O. The summed E-state index contributed by atoms with van der Waals surface area (Å²) in [5.41, 5.74) is 2.03. The molecule has 0 aliphatic carbocycles. The molecule has 2 aromatic heterocycles. The highest BCUT2D eigenvalue weighted by Crippen LogP contribution is 2.16. The van der Waals surface area contributed by atoms with Crippen LogP contribution in [0.4, 0.5) is 5.82 Å². The van der Waals surface area contributed by atoms with E-state index in [-0.39, 0.29) is 5.91 Å². The molecular weight excluding hydrogens is 304 g/mol. The van der Waals surface area contributed by atoms with E-state index in [1.807, 2.05) is 48.0 Å². The molecule has 1 amide bonds. The van der Waals surface area contributed by atoms with Crippen molar-refractivity contribution >= 4 is 11.7 Å². The number of aryl methyl sites for hydroxylation is 3. The second-order valence-corrected chi connectivity index (χ2v) is 6.39. The van der Waals surface area contributed by atoms with E-state index in [0.717, 1.165) is 43.0 Å². The molecule has 0 radical (unpaired) electrons. The van der Waals surface area contributed by atoms with Crippen LogP contribution < -0.4 is 5.32 Å². The van der Waals surface area contributed by atoms with Crippen LogP contribution in [0, 0.1) is 13.8 Å². The molecule has 7 nitrogen and oxygen atoms in total. The summed E-state index contributed by atoms with van der Waals surface area (Å²) in [6.07, 6.45) is 6.15. The van der Waals surface area contributed by atoms with Gasteiger partial charge in [0.2, 0.25) is 5.91 Å². The van der Waals surface area contributed by atoms with Crippen LogP contribution in [0.3, 0.4) is 0 Å². The predicted molar refractivity (Wildman–Crippen MR) is 91.6 cm³/mol. The van der Waals surface area contributed by atoms with Crippen LogP contribution >= 0.6 is 0 Å². The van der Waals surface area contributed by atoms with Crippen molar-refractivity contribution in [2.45, 2.75) is 45.7 Å². The Labute approximate surface area is 142 Å². The number of amides is 1. The molecule has 7 heteroatoms. The van der Waals surface area contributed by atoms with Gasteiger partial charge in [-0.15, -0.1) is 5.10 Å². The number of hydrogen-bond acceptors (Lipinski definition) is 5. The number of nitrogens with zero attached hydrogens (tertiary/aromatic N) is 5. The molecule has 2 aromatic rings. The van der Waals surface area contributed by atoms with Gasteiger partial charge in [0.25, 0.3) is 0 Å². The molecule has 0 spiro atoms. The third-order valence-corrected chi connectivity index (χ3v) is 4.31. The molecule has 3 rings (SSSR count). The Hall–Kier alpha value is -2.44. The zero-order valence-corrected chi connectivity index (χ0v) is 14.3. The van der Waals surface area contributed by atoms with Crippen molar-refractivity contribution < 1.29 is 4.79 Å². The Kier molecular flexibility index (Phi) is 5.08. The number of carbonyl (C=O) groups is 1. The Morgan fingerprint density at radius 2 is 2.04 bits per heavy atom. The third kappa shape index (κ3) is 4.31. The number of carbonyl (C=O) groups excluding carboxylic acids is 1. The topological polar surface area (TPSA) is 75.9 Å². The maximum atomic E-state index is 12.3. The van der Waals surface area contributed by atoms with Gasteiger partial charge >= 0.3 is 0 Å². The van der Waals surface area contributed by atoms with Crippen molar-refractivity contribution in [3.8, 4) is 0 Å². The van der Waals surface area contributed by atoms with E-state index in [2.05, 4.69) is 20.6 Å². The summed E-state index contributed by atoms with van der Waals surface area (Å²) in [4.78, 5) is 14.3. The van der Waals surface area contributed by atoms with Crippen molar-refractivity contribution in [3.63, 3.8) is 0 Å². The number of anilines is 1. The first-order valence-corrected chi connectivity index (χ1v) is 8.44. The highest BCUT2D eigenvalue weighted by Gasteiger charge is 2.22. The molecule has 0 atom stereocenters. The van der Waals surface area contributed by atoms with Crippen LogP contribution in [0.5, 0.6) is 0 Å². The van der Waals surface area contributed by atoms with Gasteiger partial charge < -0.3 is 10.2 Å². The fraction of sp³-hybridized carbons (Fsp3) is 0.529. The van der Waals surface area contributed by atoms with Crippen LogP contribution in [0.15, 0.2) is 24.5 Å². The van der Waals surface area contributed by atoms with Gasteiger partial charge in [-0.2, -0.15) is 10.2 Å². The standard InChI is InChI=1S/C17H24N6O/c1-13-11-18-23(12-13)10-7-17(24)22-8-5-15(6-9-22)19-16-4-3-14(2)20-21-16/h3-4,11-12,15H,5-10H2,1-2H3,(H,19,21). The maximum Gasteiger partial charge on any atom is 0.224 e. The Bertz CT molecular complexity index is 673. The highest BCUT2D eigenvalue weighted by atomic mass is 16.2. The van der Waals surface area contributed by atoms with E-state index in [0.29, 0.717) is 19.0 Å². The number of rotatable bonds is 5. The molecule has 0 bridgehead atoms. The minimum absolute atomic E-state index is 0.205. The number of piperidine rings is 1. The zero-order valence-electron chi connectivity index (χ0n) is 14.3. The van der Waals surface area contributed by atoms with E-state index in [1.54, 1.807) is 0 Å². The summed E-state index contributed by atoms with van der Waals surface area (Å²) in [6.45, 7) is 6.14. The monoisotopic (exact) mass is 328 g/mol. The van der Waals surface area contributed by atoms with Crippen LogP contribution in [-0.2, 0) is 11.3 Å². The Morgan fingerprint density at radius 1 is 1.25 bits per heavy atom. The summed E-state index contributed by atoms with van der Waals surface area (Å²) in [7, 11) is 0. The molecule has 128 valence electrons. The summed E-state index contributed by atoms with van der Waals surface area (Å²) in [5, 5.41) is 15.8. The first-order valence-electron chi connectivity index (χ1n) is 8.44. The molecule has 0 aromatic carbocycles. The van der Waals surface area contributed by atoms with Crippen LogP contribution in [0.2, 0.25) is 0 Å². The number of nitrogens with one attached hydrogen (secondary N) is 1. The normalized spacial score (nSPS) is 15.5. The zero-order chi connectivity index (χ0) is 16.9. The van der Waals surface area contributed by atoms with Gasteiger partial charge in [0.15, 0.2) is 0 Å². The lowest BCUT2D eigenvalue weighted by molar-refractivity contribution is -0.132. The molecule has 1 saturated heterocycles. The molecule has 1 aliphatic rings. The highest BCUT2D eigenvalue weighted by molar-refractivity contribution is 5.76. The number of hydrogen-bond donors (Lipinski definition) is 1. The smallest absolute Gasteiger partial charge is 0.224 e. The molecule has 0 unspecified atom stereocenters. The lowest BCUT2D eigenvalue weighted by atomic mass is 10.0. The SMILES string of the molecule is Cc1cnn(CCC(=O)N2CCC(Nc3ccc(C)nn3)CC2)c1. The van der Waals surface area contributed by atoms with Crippen molar-refractivity contribution in [1.29, 1.82) is 0 Å². The third-order valence-electron chi connectivity index (χ3n) is 4.31. The van der Waals surface area contributed by atoms with E-state index < -0.39 is 0 Å². The number of aromatic nitrogens is 4. The lowest BCUT2D eigenvalue weighted by Crippen LogP contribution is -2.42. The average molecular weight is 328 g/mol. The van der Waals surface area contributed by atoms with Crippen molar-refractivity contribution in [1.82, 2.24) is 24.9 Å². The summed E-state index contributed by atoms with van der Waals surface area (Å²) >= 11 is 0. The predicted octanol–water partition coefficient (Wildman–Crippen LogP) is 1.78. The minimum Gasteiger partial charge on any atom is -0.366 e. The van der Waals surface area contributed by atoms with E-state index in [4.69, 9.17) is 0 Å². The average Bonchev–Trinajstić information content (AvgIpc) is 3.01. The van der Waals surface area contributed by atoms with Gasteiger partial charge in [-0.3, -0.25) is 9.48 Å². The van der Waals surface area contributed by atoms with E-state index in [9.17, 15) is 4.79 Å². The fourth-order valence-electron chi connectivity index (χ4n) is 2.92. The first-order chi connectivity index (χ1) is 11.6. The molecule has 0 saturated carbocycles. The van der Waals surface area contributed by atoms with Crippen molar-refractivity contribution in [2.24, 2.45) is 0 Å².